The van der Waals surface area contributed by atoms with E-state index < -0.39 is 0 Å². The number of nitrogens with zero attached hydrogens (tertiary/aromatic N) is 1. The highest BCUT2D eigenvalue weighted by Gasteiger charge is 2.35. The van der Waals surface area contributed by atoms with Crippen molar-refractivity contribution in [3.8, 4) is 0 Å². The minimum absolute atomic E-state index is 0.133. The molecule has 98 valence electrons. The molecule has 2 unspecified atom stereocenters. The lowest BCUT2D eigenvalue weighted by Crippen LogP contribution is -2.43. The highest BCUT2D eigenvalue weighted by atomic mass is 16.3. The molecule has 2 rings (SSSR count). The van der Waals surface area contributed by atoms with Crippen LogP contribution in [0.1, 0.15) is 32.1 Å². The van der Waals surface area contributed by atoms with Crippen LogP contribution < -0.4 is 5.73 Å². The van der Waals surface area contributed by atoms with Crippen LogP contribution in [-0.2, 0) is 4.79 Å². The van der Waals surface area contributed by atoms with Gasteiger partial charge in [0, 0.05) is 19.5 Å². The Kier molecular flexibility index (Phi) is 4.05. The molecule has 0 bridgehead atoms. The van der Waals surface area contributed by atoms with Crippen LogP contribution in [0.4, 0.5) is 0 Å². The monoisotopic (exact) mass is 240 g/mol. The Hall–Kier alpha value is -0.610. The Morgan fingerprint density at radius 1 is 1.41 bits per heavy atom. The second kappa shape index (κ2) is 5.36. The number of aliphatic hydroxyl groups is 1. The van der Waals surface area contributed by atoms with E-state index >= 15 is 0 Å². The first-order chi connectivity index (χ1) is 8.11. The van der Waals surface area contributed by atoms with E-state index in [1.165, 1.54) is 0 Å². The standard InChI is InChI=1S/C13H24N2O2/c1-15(8-9-5-11(16)6-9)13(17)12-4-2-3-10(12)7-14/h9-12,16H,2-8,14H2,1H3. The van der Waals surface area contributed by atoms with Crippen molar-refractivity contribution < 1.29 is 9.90 Å². The van der Waals surface area contributed by atoms with Crippen LogP contribution in [0.15, 0.2) is 0 Å². The van der Waals surface area contributed by atoms with E-state index in [0.717, 1.165) is 38.6 Å². The molecule has 0 heterocycles. The van der Waals surface area contributed by atoms with Crippen LogP contribution in [0, 0.1) is 17.8 Å². The van der Waals surface area contributed by atoms with Gasteiger partial charge >= 0.3 is 0 Å². The summed E-state index contributed by atoms with van der Waals surface area (Å²) in [6.45, 7) is 1.43. The maximum Gasteiger partial charge on any atom is 0.225 e. The Morgan fingerprint density at radius 3 is 2.71 bits per heavy atom. The number of amides is 1. The number of rotatable bonds is 4. The van der Waals surface area contributed by atoms with Gasteiger partial charge in [-0.25, -0.2) is 0 Å². The van der Waals surface area contributed by atoms with Gasteiger partial charge in [0.25, 0.3) is 0 Å². The van der Waals surface area contributed by atoms with E-state index in [-0.39, 0.29) is 17.9 Å². The molecule has 2 fully saturated rings. The van der Waals surface area contributed by atoms with Crippen molar-refractivity contribution in [3.63, 3.8) is 0 Å². The molecule has 0 aromatic rings. The van der Waals surface area contributed by atoms with E-state index in [1.54, 1.807) is 0 Å². The third-order valence-electron chi connectivity index (χ3n) is 4.40. The maximum atomic E-state index is 12.3. The second-order valence-corrected chi connectivity index (χ2v) is 5.74. The lowest BCUT2D eigenvalue weighted by molar-refractivity contribution is -0.136. The summed E-state index contributed by atoms with van der Waals surface area (Å²) in [5.41, 5.74) is 5.72. The van der Waals surface area contributed by atoms with Crippen molar-refractivity contribution in [2.24, 2.45) is 23.5 Å². The van der Waals surface area contributed by atoms with Crippen LogP contribution >= 0.6 is 0 Å². The van der Waals surface area contributed by atoms with Crippen LogP contribution in [-0.4, -0.2) is 42.2 Å². The summed E-state index contributed by atoms with van der Waals surface area (Å²) in [5.74, 6) is 1.29. The number of carbonyl (C=O) groups is 1. The molecule has 4 heteroatoms. The molecule has 17 heavy (non-hydrogen) atoms. The highest BCUT2D eigenvalue weighted by molar-refractivity contribution is 5.79. The smallest absolute Gasteiger partial charge is 0.225 e. The fraction of sp³-hybridized carbons (Fsp3) is 0.923. The van der Waals surface area contributed by atoms with Crippen molar-refractivity contribution in [2.45, 2.75) is 38.2 Å². The topological polar surface area (TPSA) is 66.6 Å². The molecule has 0 aliphatic heterocycles. The second-order valence-electron chi connectivity index (χ2n) is 5.74. The third-order valence-corrected chi connectivity index (χ3v) is 4.40. The lowest BCUT2D eigenvalue weighted by atomic mass is 9.82. The summed E-state index contributed by atoms with van der Waals surface area (Å²) in [6, 6.07) is 0. The first kappa shape index (κ1) is 12.8. The molecule has 1 amide bonds. The van der Waals surface area contributed by atoms with Crippen LogP contribution in [0.2, 0.25) is 0 Å². The van der Waals surface area contributed by atoms with Crippen molar-refractivity contribution in [1.29, 1.82) is 0 Å². The van der Waals surface area contributed by atoms with Crippen LogP contribution in [0.5, 0.6) is 0 Å². The fourth-order valence-corrected chi connectivity index (χ4v) is 3.25. The highest BCUT2D eigenvalue weighted by Crippen LogP contribution is 2.33. The average Bonchev–Trinajstić information content (AvgIpc) is 2.73. The molecule has 4 nitrogen and oxygen atoms in total. The summed E-state index contributed by atoms with van der Waals surface area (Å²) in [7, 11) is 1.89. The summed E-state index contributed by atoms with van der Waals surface area (Å²) in [4.78, 5) is 14.1. The quantitative estimate of drug-likeness (QED) is 0.756. The van der Waals surface area contributed by atoms with E-state index in [1.807, 2.05) is 11.9 Å². The molecule has 0 aromatic heterocycles. The van der Waals surface area contributed by atoms with Crippen molar-refractivity contribution in [3.05, 3.63) is 0 Å². The third kappa shape index (κ3) is 2.80. The van der Waals surface area contributed by atoms with Gasteiger partial charge in [0.15, 0.2) is 0 Å². The molecular weight excluding hydrogens is 216 g/mol. The van der Waals surface area contributed by atoms with Gasteiger partial charge in [-0.05, 0) is 44.1 Å². The maximum absolute atomic E-state index is 12.3. The van der Waals surface area contributed by atoms with Gasteiger partial charge in [0.05, 0.1) is 6.10 Å². The number of nitrogens with two attached hydrogens (primary N) is 1. The molecule has 0 spiro atoms. The van der Waals surface area contributed by atoms with Crippen molar-refractivity contribution in [2.75, 3.05) is 20.1 Å². The molecule has 2 aliphatic carbocycles. The zero-order valence-electron chi connectivity index (χ0n) is 10.6. The van der Waals surface area contributed by atoms with Crippen LogP contribution in [0.3, 0.4) is 0 Å². The summed E-state index contributed by atoms with van der Waals surface area (Å²) in [6.07, 6.45) is 4.80. The van der Waals surface area contributed by atoms with Crippen molar-refractivity contribution >= 4 is 5.91 Å². The van der Waals surface area contributed by atoms with Crippen molar-refractivity contribution in [1.82, 2.24) is 4.90 Å². The molecule has 0 aromatic carbocycles. The van der Waals surface area contributed by atoms with Gasteiger partial charge in [-0.1, -0.05) is 6.42 Å². The molecule has 2 aliphatic rings. The number of hydrogen-bond acceptors (Lipinski definition) is 3. The molecule has 2 saturated carbocycles. The number of carbonyl (C=O) groups excluding carboxylic acids is 1. The number of aliphatic hydroxyl groups excluding tert-OH is 1. The average molecular weight is 240 g/mol. The summed E-state index contributed by atoms with van der Waals surface area (Å²) >= 11 is 0. The zero-order chi connectivity index (χ0) is 12.4. The minimum Gasteiger partial charge on any atom is -0.393 e. The first-order valence-corrected chi connectivity index (χ1v) is 6.75. The van der Waals surface area contributed by atoms with Gasteiger partial charge in [-0.2, -0.15) is 0 Å². The van der Waals surface area contributed by atoms with Gasteiger partial charge in [-0.3, -0.25) is 4.79 Å². The van der Waals surface area contributed by atoms with Gasteiger partial charge in [-0.15, -0.1) is 0 Å². The Bertz CT molecular complexity index is 277. The van der Waals surface area contributed by atoms with Gasteiger partial charge < -0.3 is 15.7 Å². The molecular formula is C13H24N2O2. The minimum atomic E-state index is -0.133. The summed E-state index contributed by atoms with van der Waals surface area (Å²) < 4.78 is 0. The zero-order valence-corrected chi connectivity index (χ0v) is 10.6. The molecule has 0 radical (unpaired) electrons. The van der Waals surface area contributed by atoms with E-state index in [0.29, 0.717) is 18.4 Å². The fourth-order valence-electron chi connectivity index (χ4n) is 3.25. The van der Waals surface area contributed by atoms with Crippen LogP contribution in [0.25, 0.3) is 0 Å². The number of hydrogen-bond donors (Lipinski definition) is 2. The van der Waals surface area contributed by atoms with Gasteiger partial charge in [0.1, 0.15) is 0 Å². The van der Waals surface area contributed by atoms with E-state index in [4.69, 9.17) is 5.73 Å². The predicted molar refractivity (Wildman–Crippen MR) is 66.3 cm³/mol. The van der Waals surface area contributed by atoms with E-state index in [2.05, 4.69) is 0 Å². The SMILES string of the molecule is CN(CC1CC(O)C1)C(=O)C1CCCC1CN. The molecule has 3 N–H and O–H groups in total. The predicted octanol–water partition coefficient (Wildman–Crippen LogP) is 0.591. The molecule has 0 saturated heterocycles. The largest absolute Gasteiger partial charge is 0.393 e. The normalized spacial score (nSPS) is 36.6. The Balaban J connectivity index is 1.82. The Morgan fingerprint density at radius 2 is 2.12 bits per heavy atom. The van der Waals surface area contributed by atoms with Gasteiger partial charge in [0.2, 0.25) is 5.91 Å². The van der Waals surface area contributed by atoms with E-state index in [9.17, 15) is 9.90 Å². The first-order valence-electron chi connectivity index (χ1n) is 6.75. The lowest BCUT2D eigenvalue weighted by Gasteiger charge is -2.35. The Labute approximate surface area is 103 Å². The molecule has 2 atom stereocenters. The summed E-state index contributed by atoms with van der Waals surface area (Å²) in [5, 5.41) is 9.24.